The highest BCUT2D eigenvalue weighted by atomic mass is 32.2. The fourth-order valence-corrected chi connectivity index (χ4v) is 8.50. The largest absolute Gasteiger partial charge is 0.350 e. The van der Waals surface area contributed by atoms with Crippen molar-refractivity contribution in [3.05, 3.63) is 29.3 Å². The first-order valence-corrected chi connectivity index (χ1v) is 14.0. The monoisotopic (exact) mass is 454 g/mol. The molecule has 4 rings (SSSR count). The number of piperidine rings is 1. The molecule has 0 bridgehead atoms. The highest BCUT2D eigenvalue weighted by Gasteiger charge is 2.41. The first-order valence-electron chi connectivity index (χ1n) is 10.7. The predicted octanol–water partition coefficient (Wildman–Crippen LogP) is 1.66. The molecule has 2 aliphatic heterocycles. The van der Waals surface area contributed by atoms with Gasteiger partial charge in [-0.05, 0) is 75.1 Å². The average molecular weight is 455 g/mol. The first-order chi connectivity index (χ1) is 14.1. The molecule has 0 spiro atoms. The molecule has 30 heavy (non-hydrogen) atoms. The number of fused-ring (bicyclic) bond motifs is 1. The lowest BCUT2D eigenvalue weighted by atomic mass is 9.92. The van der Waals surface area contributed by atoms with E-state index in [2.05, 4.69) is 5.32 Å². The third kappa shape index (κ3) is 4.43. The molecule has 0 unspecified atom stereocenters. The molecule has 1 N–H and O–H groups in total. The van der Waals surface area contributed by atoms with Gasteiger partial charge in [-0.25, -0.2) is 16.8 Å². The molecule has 7 nitrogen and oxygen atoms in total. The molecule has 2 heterocycles. The molecule has 1 aromatic carbocycles. The van der Waals surface area contributed by atoms with Crippen molar-refractivity contribution < 1.29 is 21.6 Å². The number of rotatable bonds is 4. The Kier molecular flexibility index (Phi) is 5.74. The minimum atomic E-state index is -3.57. The molecular formula is C21H30N2O5S2. The molecule has 0 radical (unpaired) electrons. The number of nitrogens with zero attached hydrogens (tertiary/aromatic N) is 1. The molecule has 9 heteroatoms. The summed E-state index contributed by atoms with van der Waals surface area (Å²) >= 11 is 0. The standard InChI is InChI=1S/C21H30N2O5S2/c1-21(10-13-29(25,26)15-21)22-20(24)17-8-11-23(12-9-17)30(27,28)19-7-6-16-4-2-3-5-18(16)14-19/h6-7,14,17H,2-5,8-13,15H2,1H3,(H,22,24)/t21-/m0/s1. The summed E-state index contributed by atoms with van der Waals surface area (Å²) in [5, 5.41) is 2.91. The summed E-state index contributed by atoms with van der Waals surface area (Å²) in [5.74, 6) is -0.390. The Hall–Kier alpha value is -1.45. The maximum absolute atomic E-state index is 13.1. The fourth-order valence-electron chi connectivity index (χ4n) is 4.89. The van der Waals surface area contributed by atoms with Crippen LogP contribution in [0.4, 0.5) is 0 Å². The Bertz CT molecular complexity index is 1040. The molecule has 2 saturated heterocycles. The summed E-state index contributed by atoms with van der Waals surface area (Å²) < 4.78 is 51.2. The Balaban J connectivity index is 1.38. The third-order valence-electron chi connectivity index (χ3n) is 6.71. The number of nitrogens with one attached hydrogen (secondary N) is 1. The Morgan fingerprint density at radius 3 is 2.43 bits per heavy atom. The van der Waals surface area contributed by atoms with E-state index in [-0.39, 0.29) is 23.3 Å². The van der Waals surface area contributed by atoms with Gasteiger partial charge in [0.2, 0.25) is 15.9 Å². The lowest BCUT2D eigenvalue weighted by Crippen LogP contribution is -2.51. The summed E-state index contributed by atoms with van der Waals surface area (Å²) in [5.41, 5.74) is 1.66. The van der Waals surface area contributed by atoms with Gasteiger partial charge in [-0.3, -0.25) is 4.79 Å². The van der Waals surface area contributed by atoms with Crippen LogP contribution < -0.4 is 5.32 Å². The number of sulfone groups is 1. The van der Waals surface area contributed by atoms with Crippen LogP contribution in [0, 0.1) is 5.92 Å². The first kappa shape index (κ1) is 21.8. The van der Waals surface area contributed by atoms with Crippen molar-refractivity contribution >= 4 is 25.8 Å². The van der Waals surface area contributed by atoms with Gasteiger partial charge >= 0.3 is 0 Å². The summed E-state index contributed by atoms with van der Waals surface area (Å²) in [6, 6.07) is 5.47. The zero-order valence-corrected chi connectivity index (χ0v) is 19.0. The molecule has 1 amide bonds. The minimum Gasteiger partial charge on any atom is -0.350 e. The molecule has 1 aliphatic carbocycles. The maximum Gasteiger partial charge on any atom is 0.243 e. The number of hydrogen-bond donors (Lipinski definition) is 1. The van der Waals surface area contributed by atoms with E-state index in [9.17, 15) is 21.6 Å². The second-order valence-electron chi connectivity index (χ2n) is 9.21. The van der Waals surface area contributed by atoms with E-state index in [1.165, 1.54) is 9.87 Å². The van der Waals surface area contributed by atoms with E-state index >= 15 is 0 Å². The second-order valence-corrected chi connectivity index (χ2v) is 13.3. The van der Waals surface area contributed by atoms with Gasteiger partial charge in [0.05, 0.1) is 21.9 Å². The SMILES string of the molecule is C[C@]1(NC(=O)C2CCN(S(=O)(=O)c3ccc4c(c3)CCCC4)CC2)CCS(=O)(=O)C1. The summed E-state index contributed by atoms with van der Waals surface area (Å²) in [6.07, 6.45) is 5.49. The number of hydrogen-bond acceptors (Lipinski definition) is 5. The molecule has 1 atom stereocenters. The quantitative estimate of drug-likeness (QED) is 0.746. The van der Waals surface area contributed by atoms with E-state index < -0.39 is 25.4 Å². The molecule has 166 valence electrons. The highest BCUT2D eigenvalue weighted by molar-refractivity contribution is 7.91. The van der Waals surface area contributed by atoms with Gasteiger partial charge in [-0.1, -0.05) is 6.07 Å². The number of benzene rings is 1. The van der Waals surface area contributed by atoms with E-state index in [4.69, 9.17) is 0 Å². The summed E-state index contributed by atoms with van der Waals surface area (Å²) in [7, 11) is -6.67. The molecule has 3 aliphatic rings. The number of carbonyl (C=O) groups is 1. The van der Waals surface area contributed by atoms with Gasteiger partial charge < -0.3 is 5.32 Å². The molecule has 0 saturated carbocycles. The van der Waals surface area contributed by atoms with Crippen LogP contribution in [-0.2, 0) is 37.5 Å². The van der Waals surface area contributed by atoms with E-state index in [1.54, 1.807) is 13.0 Å². The second kappa shape index (κ2) is 7.91. The summed E-state index contributed by atoms with van der Waals surface area (Å²) in [4.78, 5) is 13.0. The number of aryl methyl sites for hydroxylation is 2. The number of sulfonamides is 1. The van der Waals surface area contributed by atoms with Gasteiger partial charge in [0, 0.05) is 19.0 Å². The van der Waals surface area contributed by atoms with E-state index in [0.29, 0.717) is 37.2 Å². The van der Waals surface area contributed by atoms with Gasteiger partial charge in [0.25, 0.3) is 0 Å². The van der Waals surface area contributed by atoms with Crippen molar-refractivity contribution in [2.75, 3.05) is 24.6 Å². The zero-order valence-electron chi connectivity index (χ0n) is 17.4. The number of amides is 1. The normalized spacial score (nSPS) is 27.5. The molecule has 1 aromatic rings. The van der Waals surface area contributed by atoms with Crippen molar-refractivity contribution in [3.63, 3.8) is 0 Å². The van der Waals surface area contributed by atoms with Crippen molar-refractivity contribution in [3.8, 4) is 0 Å². The van der Waals surface area contributed by atoms with Gasteiger partial charge in [0.1, 0.15) is 0 Å². The van der Waals surface area contributed by atoms with Crippen LogP contribution in [-0.4, -0.2) is 57.2 Å². The minimum absolute atomic E-state index is 0.0305. The van der Waals surface area contributed by atoms with Crippen LogP contribution in [0.15, 0.2) is 23.1 Å². The van der Waals surface area contributed by atoms with Crippen LogP contribution in [0.2, 0.25) is 0 Å². The predicted molar refractivity (Wildman–Crippen MR) is 114 cm³/mol. The van der Waals surface area contributed by atoms with Crippen LogP contribution in [0.1, 0.15) is 50.2 Å². The highest BCUT2D eigenvalue weighted by Crippen LogP contribution is 2.29. The van der Waals surface area contributed by atoms with Crippen LogP contribution in [0.5, 0.6) is 0 Å². The smallest absolute Gasteiger partial charge is 0.243 e. The van der Waals surface area contributed by atoms with Gasteiger partial charge in [-0.2, -0.15) is 4.31 Å². The maximum atomic E-state index is 13.1. The molecular weight excluding hydrogens is 424 g/mol. The van der Waals surface area contributed by atoms with Crippen molar-refractivity contribution in [1.82, 2.24) is 9.62 Å². The summed E-state index contributed by atoms with van der Waals surface area (Å²) in [6.45, 7) is 2.37. The lowest BCUT2D eigenvalue weighted by Gasteiger charge is -2.33. The Labute approximate surface area is 179 Å². The van der Waals surface area contributed by atoms with Crippen LogP contribution in [0.3, 0.4) is 0 Å². The lowest BCUT2D eigenvalue weighted by molar-refractivity contribution is -0.127. The molecule has 0 aromatic heterocycles. The van der Waals surface area contributed by atoms with Crippen LogP contribution in [0.25, 0.3) is 0 Å². The van der Waals surface area contributed by atoms with E-state index in [0.717, 1.165) is 31.2 Å². The number of carbonyl (C=O) groups excluding carboxylic acids is 1. The van der Waals surface area contributed by atoms with Gasteiger partial charge in [-0.15, -0.1) is 0 Å². The zero-order chi connectivity index (χ0) is 21.6. The van der Waals surface area contributed by atoms with Crippen molar-refractivity contribution in [1.29, 1.82) is 0 Å². The average Bonchev–Trinajstić information content (AvgIpc) is 3.00. The van der Waals surface area contributed by atoms with E-state index in [1.807, 2.05) is 12.1 Å². The van der Waals surface area contributed by atoms with Crippen molar-refractivity contribution in [2.45, 2.75) is 62.3 Å². The van der Waals surface area contributed by atoms with Crippen LogP contribution >= 0.6 is 0 Å². The van der Waals surface area contributed by atoms with Crippen molar-refractivity contribution in [2.24, 2.45) is 5.92 Å². The third-order valence-corrected chi connectivity index (χ3v) is 10.5. The topological polar surface area (TPSA) is 101 Å². The van der Waals surface area contributed by atoms with Gasteiger partial charge in [0.15, 0.2) is 9.84 Å². The molecule has 2 fully saturated rings. The fraction of sp³-hybridized carbons (Fsp3) is 0.667. The Morgan fingerprint density at radius 1 is 1.13 bits per heavy atom. The Morgan fingerprint density at radius 2 is 1.80 bits per heavy atom.